The third kappa shape index (κ3) is 8.78. The SMILES string of the molecule is COC(CN)CC(=O)NCCN(C)c1ccccc1.Cl.Cl. The molecule has 0 aliphatic carbocycles. The Balaban J connectivity index is 0. The zero-order valence-corrected chi connectivity index (χ0v) is 14.1. The zero-order chi connectivity index (χ0) is 14.1. The Bertz CT molecular complexity index is 376. The van der Waals surface area contributed by atoms with Crippen molar-refractivity contribution < 1.29 is 9.53 Å². The molecule has 1 rings (SSSR count). The van der Waals surface area contributed by atoms with E-state index < -0.39 is 0 Å². The van der Waals surface area contributed by atoms with Crippen LogP contribution in [-0.2, 0) is 9.53 Å². The van der Waals surface area contributed by atoms with Crippen LogP contribution in [0.5, 0.6) is 0 Å². The smallest absolute Gasteiger partial charge is 0.222 e. The lowest BCUT2D eigenvalue weighted by atomic mass is 10.2. The van der Waals surface area contributed by atoms with E-state index in [0.29, 0.717) is 19.5 Å². The summed E-state index contributed by atoms with van der Waals surface area (Å²) >= 11 is 0. The van der Waals surface area contributed by atoms with Crippen LogP contribution in [0.25, 0.3) is 0 Å². The summed E-state index contributed by atoms with van der Waals surface area (Å²) in [6, 6.07) is 10.1. The van der Waals surface area contributed by atoms with Gasteiger partial charge in [-0.25, -0.2) is 0 Å². The van der Waals surface area contributed by atoms with E-state index in [1.165, 1.54) is 0 Å². The number of ether oxygens (including phenoxy) is 1. The molecule has 0 saturated carbocycles. The Hall–Kier alpha value is -1.01. The van der Waals surface area contributed by atoms with Crippen LogP contribution in [-0.4, -0.2) is 45.8 Å². The van der Waals surface area contributed by atoms with Gasteiger partial charge in [-0.15, -0.1) is 24.8 Å². The van der Waals surface area contributed by atoms with Crippen LogP contribution in [0.15, 0.2) is 30.3 Å². The van der Waals surface area contributed by atoms with Crippen LogP contribution in [0.2, 0.25) is 0 Å². The Kier molecular flexibility index (Phi) is 13.5. The highest BCUT2D eigenvalue weighted by molar-refractivity contribution is 5.85. The molecule has 0 bridgehead atoms. The van der Waals surface area contributed by atoms with Crippen LogP contribution < -0.4 is 16.0 Å². The van der Waals surface area contributed by atoms with E-state index in [4.69, 9.17) is 10.5 Å². The molecule has 1 unspecified atom stereocenters. The summed E-state index contributed by atoms with van der Waals surface area (Å²) in [6.45, 7) is 1.72. The minimum atomic E-state index is -0.202. The van der Waals surface area contributed by atoms with Gasteiger partial charge in [0.2, 0.25) is 5.91 Å². The van der Waals surface area contributed by atoms with Crippen LogP contribution in [0.4, 0.5) is 5.69 Å². The molecule has 0 heterocycles. The summed E-state index contributed by atoms with van der Waals surface area (Å²) in [4.78, 5) is 13.7. The van der Waals surface area contributed by atoms with E-state index >= 15 is 0 Å². The minimum absolute atomic E-state index is 0. The number of para-hydroxylation sites is 1. The average Bonchev–Trinajstić information content (AvgIpc) is 2.45. The van der Waals surface area contributed by atoms with Gasteiger partial charge in [0.25, 0.3) is 0 Å². The van der Waals surface area contributed by atoms with Crippen LogP contribution in [0, 0.1) is 0 Å². The molecule has 1 atom stereocenters. The fourth-order valence-corrected chi connectivity index (χ4v) is 1.72. The van der Waals surface area contributed by atoms with Gasteiger partial charge < -0.3 is 20.7 Å². The lowest BCUT2D eigenvalue weighted by molar-refractivity contribution is -0.123. The van der Waals surface area contributed by atoms with Crippen molar-refractivity contribution in [1.29, 1.82) is 0 Å². The van der Waals surface area contributed by atoms with Crippen molar-refractivity contribution in [2.24, 2.45) is 5.73 Å². The molecule has 1 amide bonds. The van der Waals surface area contributed by atoms with Gasteiger partial charge in [-0.1, -0.05) is 18.2 Å². The molecule has 0 saturated heterocycles. The molecule has 1 aromatic rings. The summed E-state index contributed by atoms with van der Waals surface area (Å²) in [5.41, 5.74) is 6.60. The number of carbonyl (C=O) groups is 1. The Morgan fingerprint density at radius 2 is 1.95 bits per heavy atom. The fourth-order valence-electron chi connectivity index (χ4n) is 1.72. The summed E-state index contributed by atoms with van der Waals surface area (Å²) < 4.78 is 5.07. The van der Waals surface area contributed by atoms with E-state index in [1.807, 2.05) is 37.4 Å². The predicted octanol–water partition coefficient (Wildman–Crippen LogP) is 1.45. The predicted molar refractivity (Wildman–Crippen MR) is 91.7 cm³/mol. The number of anilines is 1. The van der Waals surface area contributed by atoms with Crippen molar-refractivity contribution in [2.75, 3.05) is 38.7 Å². The molecule has 5 nitrogen and oxygen atoms in total. The first-order valence-electron chi connectivity index (χ1n) is 6.43. The van der Waals surface area contributed by atoms with Crippen molar-refractivity contribution in [1.82, 2.24) is 5.32 Å². The summed E-state index contributed by atoms with van der Waals surface area (Å²) in [5, 5.41) is 2.87. The maximum absolute atomic E-state index is 11.6. The zero-order valence-electron chi connectivity index (χ0n) is 12.5. The highest BCUT2D eigenvalue weighted by Crippen LogP contribution is 2.09. The van der Waals surface area contributed by atoms with Gasteiger partial charge in [0.1, 0.15) is 0 Å². The van der Waals surface area contributed by atoms with E-state index in [9.17, 15) is 4.79 Å². The van der Waals surface area contributed by atoms with E-state index in [-0.39, 0.29) is 36.8 Å². The number of rotatable bonds is 8. The second kappa shape index (κ2) is 12.7. The second-order valence-electron chi connectivity index (χ2n) is 4.40. The Labute approximate surface area is 139 Å². The number of nitrogens with zero attached hydrogens (tertiary/aromatic N) is 1. The molecule has 0 aliphatic heterocycles. The van der Waals surface area contributed by atoms with Gasteiger partial charge in [-0.2, -0.15) is 0 Å². The van der Waals surface area contributed by atoms with Gasteiger partial charge in [0.05, 0.1) is 12.5 Å². The fraction of sp³-hybridized carbons (Fsp3) is 0.500. The number of hydrogen-bond donors (Lipinski definition) is 2. The van der Waals surface area contributed by atoms with Gasteiger partial charge in [0.15, 0.2) is 0 Å². The minimum Gasteiger partial charge on any atom is -0.380 e. The number of nitrogens with two attached hydrogens (primary N) is 1. The van der Waals surface area contributed by atoms with Gasteiger partial charge in [-0.05, 0) is 12.1 Å². The number of likely N-dealkylation sites (N-methyl/N-ethyl adjacent to an activating group) is 1. The van der Waals surface area contributed by atoms with Gasteiger partial charge in [0, 0.05) is 39.5 Å². The second-order valence-corrected chi connectivity index (χ2v) is 4.40. The topological polar surface area (TPSA) is 67.6 Å². The normalized spacial score (nSPS) is 10.8. The molecule has 7 heteroatoms. The van der Waals surface area contributed by atoms with Gasteiger partial charge in [-0.3, -0.25) is 4.79 Å². The Morgan fingerprint density at radius 1 is 1.33 bits per heavy atom. The maximum atomic E-state index is 11.6. The highest BCUT2D eigenvalue weighted by atomic mass is 35.5. The quantitative estimate of drug-likeness (QED) is 0.753. The standard InChI is InChI=1S/C14H23N3O2.2ClH/c1-17(12-6-4-3-5-7-12)9-8-16-14(18)10-13(11-15)19-2;;/h3-7,13H,8-11,15H2,1-2H3,(H,16,18);2*1H. The van der Waals surface area contributed by atoms with Crippen molar-refractivity contribution in [3.8, 4) is 0 Å². The number of benzene rings is 1. The van der Waals surface area contributed by atoms with E-state index in [1.54, 1.807) is 7.11 Å². The molecule has 122 valence electrons. The Morgan fingerprint density at radius 3 is 2.48 bits per heavy atom. The van der Waals surface area contributed by atoms with Crippen LogP contribution in [0.3, 0.4) is 0 Å². The van der Waals surface area contributed by atoms with Crippen molar-refractivity contribution >= 4 is 36.4 Å². The number of amides is 1. The number of carbonyl (C=O) groups excluding carboxylic acids is 1. The molecule has 0 radical (unpaired) electrons. The summed E-state index contributed by atoms with van der Waals surface area (Å²) in [7, 11) is 3.56. The molecule has 0 fully saturated rings. The average molecular weight is 338 g/mol. The first-order valence-corrected chi connectivity index (χ1v) is 6.43. The lowest BCUT2D eigenvalue weighted by Crippen LogP contribution is -2.36. The summed E-state index contributed by atoms with van der Waals surface area (Å²) in [5.74, 6) is -0.0289. The molecular weight excluding hydrogens is 313 g/mol. The summed E-state index contributed by atoms with van der Waals surface area (Å²) in [6.07, 6.45) is 0.106. The first-order chi connectivity index (χ1) is 9.17. The van der Waals surface area contributed by atoms with Crippen molar-refractivity contribution in [3.05, 3.63) is 30.3 Å². The van der Waals surface area contributed by atoms with E-state index in [0.717, 1.165) is 12.2 Å². The van der Waals surface area contributed by atoms with E-state index in [2.05, 4.69) is 10.2 Å². The van der Waals surface area contributed by atoms with Gasteiger partial charge >= 0.3 is 0 Å². The molecule has 0 aromatic heterocycles. The molecule has 0 spiro atoms. The van der Waals surface area contributed by atoms with Crippen LogP contribution in [0.1, 0.15) is 6.42 Å². The number of halogens is 2. The highest BCUT2D eigenvalue weighted by Gasteiger charge is 2.10. The molecule has 21 heavy (non-hydrogen) atoms. The first kappa shape index (κ1) is 22.3. The number of nitrogens with one attached hydrogen (secondary N) is 1. The number of hydrogen-bond acceptors (Lipinski definition) is 4. The molecule has 3 N–H and O–H groups in total. The maximum Gasteiger partial charge on any atom is 0.222 e. The lowest BCUT2D eigenvalue weighted by Gasteiger charge is -2.19. The molecule has 1 aromatic carbocycles. The third-order valence-electron chi connectivity index (χ3n) is 2.98. The molecular formula is C14H25Cl2N3O2. The number of methoxy groups -OCH3 is 1. The van der Waals surface area contributed by atoms with Crippen molar-refractivity contribution in [3.63, 3.8) is 0 Å². The largest absolute Gasteiger partial charge is 0.380 e. The van der Waals surface area contributed by atoms with Crippen LogP contribution >= 0.6 is 24.8 Å². The monoisotopic (exact) mass is 337 g/mol. The third-order valence-corrected chi connectivity index (χ3v) is 2.98. The van der Waals surface area contributed by atoms with Crippen molar-refractivity contribution in [2.45, 2.75) is 12.5 Å². The molecule has 0 aliphatic rings.